The lowest BCUT2D eigenvalue weighted by atomic mass is 10.1. The molecule has 0 spiro atoms. The van der Waals surface area contributed by atoms with Crippen LogP contribution in [-0.4, -0.2) is 75.4 Å². The lowest BCUT2D eigenvalue weighted by Crippen LogP contribution is -2.47. The van der Waals surface area contributed by atoms with Crippen LogP contribution in [0, 0.1) is 0 Å². The predicted octanol–water partition coefficient (Wildman–Crippen LogP) is 2.80. The average Bonchev–Trinajstić information content (AvgIpc) is 3.40. The van der Waals surface area contributed by atoms with Gasteiger partial charge in [0.15, 0.2) is 0 Å². The molecule has 1 unspecified atom stereocenters. The summed E-state index contributed by atoms with van der Waals surface area (Å²) in [6.07, 6.45) is 2.62. The summed E-state index contributed by atoms with van der Waals surface area (Å²) in [5.74, 6) is -0.227. The van der Waals surface area contributed by atoms with E-state index >= 15 is 0 Å². The molecule has 2 aromatic rings. The van der Waals surface area contributed by atoms with E-state index in [1.165, 1.54) is 16.1 Å². The van der Waals surface area contributed by atoms with Gasteiger partial charge in [-0.25, -0.2) is 8.42 Å². The molecule has 2 fully saturated rings. The molecule has 2 aliphatic heterocycles. The summed E-state index contributed by atoms with van der Waals surface area (Å²) in [6, 6.07) is 16.9. The van der Waals surface area contributed by atoms with Gasteiger partial charge in [0.05, 0.1) is 4.90 Å². The summed E-state index contributed by atoms with van der Waals surface area (Å²) in [4.78, 5) is 17.8. The third kappa shape index (κ3) is 5.93. The van der Waals surface area contributed by atoms with Crippen molar-refractivity contribution in [1.82, 2.24) is 14.5 Å². The minimum absolute atomic E-state index is 0.00324. The van der Waals surface area contributed by atoms with Crippen LogP contribution in [0.2, 0.25) is 0 Å². The molecule has 2 aliphatic rings. The number of sulfonamides is 1. The fourth-order valence-corrected chi connectivity index (χ4v) is 6.06. The summed E-state index contributed by atoms with van der Waals surface area (Å²) in [5, 5.41) is 3.03. The predicted molar refractivity (Wildman–Crippen MR) is 131 cm³/mol. The van der Waals surface area contributed by atoms with E-state index in [1.54, 1.807) is 18.2 Å². The fourth-order valence-electron chi connectivity index (χ4n) is 4.50. The summed E-state index contributed by atoms with van der Waals surface area (Å²) >= 11 is 0. The number of nitrogens with zero attached hydrogens (tertiary/aromatic N) is 3. The molecule has 0 aromatic heterocycles. The molecule has 2 aromatic carbocycles. The van der Waals surface area contributed by atoms with Gasteiger partial charge in [0, 0.05) is 63.1 Å². The standard InChI is InChI=1S/C25H34N4O3S/c1-21(12-15-27-16-18-28(19-17-27)23-9-3-2-4-10-23)26-25(30)22-8-7-11-24(20-22)33(31,32)29-13-5-6-14-29/h2-4,7-11,20-21H,5-6,12-19H2,1H3,(H,26,30). The van der Waals surface area contributed by atoms with Crippen molar-refractivity contribution in [3.8, 4) is 0 Å². The van der Waals surface area contributed by atoms with E-state index in [2.05, 4.69) is 39.4 Å². The number of piperazine rings is 1. The Balaban J connectivity index is 1.25. The first-order chi connectivity index (χ1) is 15.9. The minimum atomic E-state index is -3.53. The molecular weight excluding hydrogens is 436 g/mol. The van der Waals surface area contributed by atoms with E-state index in [9.17, 15) is 13.2 Å². The molecule has 2 heterocycles. The Morgan fingerprint density at radius 2 is 1.64 bits per heavy atom. The average molecular weight is 471 g/mol. The van der Waals surface area contributed by atoms with Crippen LogP contribution in [0.25, 0.3) is 0 Å². The van der Waals surface area contributed by atoms with Crippen LogP contribution in [0.15, 0.2) is 59.5 Å². The summed E-state index contributed by atoms with van der Waals surface area (Å²) in [7, 11) is -3.53. The van der Waals surface area contributed by atoms with Gasteiger partial charge >= 0.3 is 0 Å². The second-order valence-electron chi connectivity index (χ2n) is 8.97. The van der Waals surface area contributed by atoms with Crippen LogP contribution in [0.3, 0.4) is 0 Å². The zero-order valence-electron chi connectivity index (χ0n) is 19.3. The molecule has 0 aliphatic carbocycles. The van der Waals surface area contributed by atoms with Crippen LogP contribution in [0.1, 0.15) is 36.5 Å². The highest BCUT2D eigenvalue weighted by atomic mass is 32.2. The van der Waals surface area contributed by atoms with Crippen molar-refractivity contribution in [2.24, 2.45) is 0 Å². The molecule has 4 rings (SSSR count). The molecule has 2 saturated heterocycles. The maximum Gasteiger partial charge on any atom is 0.251 e. The highest BCUT2D eigenvalue weighted by Crippen LogP contribution is 2.22. The molecular formula is C25H34N4O3S. The Bertz CT molecular complexity index is 1030. The highest BCUT2D eigenvalue weighted by molar-refractivity contribution is 7.89. The van der Waals surface area contributed by atoms with Crippen molar-refractivity contribution < 1.29 is 13.2 Å². The molecule has 0 bridgehead atoms. The smallest absolute Gasteiger partial charge is 0.251 e. The van der Waals surface area contributed by atoms with Crippen molar-refractivity contribution >= 4 is 21.6 Å². The molecule has 0 saturated carbocycles. The lowest BCUT2D eigenvalue weighted by molar-refractivity contribution is 0.0935. The molecule has 1 N–H and O–H groups in total. The van der Waals surface area contributed by atoms with Gasteiger partial charge in [0.1, 0.15) is 0 Å². The monoisotopic (exact) mass is 470 g/mol. The quantitative estimate of drug-likeness (QED) is 0.642. The van der Waals surface area contributed by atoms with E-state index in [-0.39, 0.29) is 16.8 Å². The third-order valence-corrected chi connectivity index (χ3v) is 8.44. The second kappa shape index (κ2) is 10.7. The number of carbonyl (C=O) groups is 1. The molecule has 7 nitrogen and oxygen atoms in total. The number of hydrogen-bond acceptors (Lipinski definition) is 5. The van der Waals surface area contributed by atoms with Gasteiger partial charge in [0.2, 0.25) is 10.0 Å². The summed E-state index contributed by atoms with van der Waals surface area (Å²) in [5.41, 5.74) is 1.66. The van der Waals surface area contributed by atoms with Crippen molar-refractivity contribution in [2.45, 2.75) is 37.1 Å². The van der Waals surface area contributed by atoms with Crippen molar-refractivity contribution in [1.29, 1.82) is 0 Å². The van der Waals surface area contributed by atoms with Crippen LogP contribution in [0.5, 0.6) is 0 Å². The van der Waals surface area contributed by atoms with Crippen LogP contribution in [0.4, 0.5) is 5.69 Å². The topological polar surface area (TPSA) is 73.0 Å². The number of anilines is 1. The van der Waals surface area contributed by atoms with Gasteiger partial charge in [-0.1, -0.05) is 24.3 Å². The third-order valence-electron chi connectivity index (χ3n) is 6.55. The van der Waals surface area contributed by atoms with Gasteiger partial charge in [-0.05, 0) is 56.5 Å². The number of nitrogens with one attached hydrogen (secondary N) is 1. The maximum atomic E-state index is 12.8. The van der Waals surface area contributed by atoms with Crippen LogP contribution in [-0.2, 0) is 10.0 Å². The molecule has 178 valence electrons. The minimum Gasteiger partial charge on any atom is -0.369 e. The highest BCUT2D eigenvalue weighted by Gasteiger charge is 2.27. The Kier molecular flexibility index (Phi) is 7.67. The van der Waals surface area contributed by atoms with E-state index in [1.807, 2.05) is 13.0 Å². The Labute approximate surface area is 197 Å². The first kappa shape index (κ1) is 23.7. The van der Waals surface area contributed by atoms with Gasteiger partial charge in [-0.3, -0.25) is 9.69 Å². The lowest BCUT2D eigenvalue weighted by Gasteiger charge is -2.36. The molecule has 1 amide bonds. The first-order valence-electron chi connectivity index (χ1n) is 11.9. The Morgan fingerprint density at radius 1 is 0.939 bits per heavy atom. The first-order valence-corrected chi connectivity index (χ1v) is 13.3. The fraction of sp³-hybridized carbons (Fsp3) is 0.480. The van der Waals surface area contributed by atoms with Gasteiger partial charge in [-0.2, -0.15) is 4.31 Å². The summed E-state index contributed by atoms with van der Waals surface area (Å²) in [6.45, 7) is 8.05. The van der Waals surface area contributed by atoms with E-state index in [0.29, 0.717) is 18.7 Å². The number of carbonyl (C=O) groups excluding carboxylic acids is 1. The second-order valence-corrected chi connectivity index (χ2v) is 10.9. The van der Waals surface area contributed by atoms with E-state index in [4.69, 9.17) is 0 Å². The number of benzene rings is 2. The Morgan fingerprint density at radius 3 is 2.33 bits per heavy atom. The summed E-state index contributed by atoms with van der Waals surface area (Å²) < 4.78 is 27.1. The SMILES string of the molecule is CC(CCN1CCN(c2ccccc2)CC1)NC(=O)c1cccc(S(=O)(=O)N2CCCC2)c1. The van der Waals surface area contributed by atoms with Crippen LogP contribution < -0.4 is 10.2 Å². The van der Waals surface area contributed by atoms with Crippen molar-refractivity contribution in [3.05, 3.63) is 60.2 Å². The van der Waals surface area contributed by atoms with Gasteiger partial charge in [0.25, 0.3) is 5.91 Å². The van der Waals surface area contributed by atoms with E-state index in [0.717, 1.165) is 52.0 Å². The molecule has 8 heteroatoms. The molecule has 0 radical (unpaired) electrons. The zero-order valence-corrected chi connectivity index (χ0v) is 20.1. The van der Waals surface area contributed by atoms with Crippen LogP contribution >= 0.6 is 0 Å². The van der Waals surface area contributed by atoms with Crippen molar-refractivity contribution in [3.63, 3.8) is 0 Å². The number of para-hydroxylation sites is 1. The number of rotatable bonds is 8. The van der Waals surface area contributed by atoms with Crippen molar-refractivity contribution in [2.75, 3.05) is 50.7 Å². The normalized spacial score (nSPS) is 18.9. The number of hydrogen-bond donors (Lipinski definition) is 1. The molecule has 33 heavy (non-hydrogen) atoms. The van der Waals surface area contributed by atoms with Gasteiger partial charge in [-0.15, -0.1) is 0 Å². The zero-order chi connectivity index (χ0) is 23.3. The maximum absolute atomic E-state index is 12.8. The van der Waals surface area contributed by atoms with E-state index < -0.39 is 10.0 Å². The number of amides is 1. The molecule has 1 atom stereocenters. The Hall–Kier alpha value is -2.42. The largest absolute Gasteiger partial charge is 0.369 e. The van der Waals surface area contributed by atoms with Gasteiger partial charge < -0.3 is 10.2 Å².